The number of benzene rings is 2. The second kappa shape index (κ2) is 8.40. The van der Waals surface area contributed by atoms with E-state index in [4.69, 9.17) is 0 Å². The summed E-state index contributed by atoms with van der Waals surface area (Å²) in [5, 5.41) is 3.42. The highest BCUT2D eigenvalue weighted by molar-refractivity contribution is 7.22. The normalized spacial score (nSPS) is 10.5. The molecule has 132 valence electrons. The van der Waals surface area contributed by atoms with Crippen molar-refractivity contribution in [3.8, 4) is 0 Å². The maximum Gasteiger partial charge on any atom is 0.251 e. The number of carbonyl (C=O) groups is 2. The molecule has 2 aromatic carbocycles. The Labute approximate surface area is 156 Å². The zero-order valence-corrected chi connectivity index (χ0v) is 15.0. The number of nitrogens with one attached hydrogen (secondary N) is 1. The Kier molecular flexibility index (Phi) is 5.76. The van der Waals surface area contributed by atoms with Crippen molar-refractivity contribution >= 4 is 38.5 Å². The molecule has 0 spiro atoms. The van der Waals surface area contributed by atoms with Gasteiger partial charge in [0.15, 0.2) is 5.13 Å². The molecule has 0 fully saturated rings. The average molecular weight is 365 g/mol. The van der Waals surface area contributed by atoms with Gasteiger partial charge in [-0.25, -0.2) is 4.98 Å². The van der Waals surface area contributed by atoms with Gasteiger partial charge in [-0.3, -0.25) is 14.5 Å². The van der Waals surface area contributed by atoms with Crippen molar-refractivity contribution in [2.24, 2.45) is 0 Å². The lowest BCUT2D eigenvalue weighted by molar-refractivity contribution is -0.118. The number of hydrogen-bond donors (Lipinski definition) is 1. The van der Waals surface area contributed by atoms with E-state index < -0.39 is 0 Å². The Bertz CT molecular complexity index is 888. The Balaban J connectivity index is 1.63. The molecule has 3 rings (SSSR count). The molecule has 6 heteroatoms. The van der Waals surface area contributed by atoms with E-state index in [1.54, 1.807) is 35.2 Å². The lowest BCUT2D eigenvalue weighted by Gasteiger charge is -2.18. The summed E-state index contributed by atoms with van der Waals surface area (Å²) in [7, 11) is 0. The van der Waals surface area contributed by atoms with Gasteiger partial charge in [0.25, 0.3) is 5.91 Å². The van der Waals surface area contributed by atoms with Crippen molar-refractivity contribution in [2.75, 3.05) is 18.0 Å². The standard InChI is InChI=1S/C20H19N3O2S/c1-2-14-23(20-22-16-10-6-7-11-17(16)26-20)18(24)12-13-21-19(25)15-8-4-3-5-9-15/h2-11H,1,12-14H2,(H,21,25). The van der Waals surface area contributed by atoms with Gasteiger partial charge in [0.2, 0.25) is 5.91 Å². The molecule has 0 bridgehead atoms. The van der Waals surface area contributed by atoms with Gasteiger partial charge in [-0.05, 0) is 24.3 Å². The molecule has 0 saturated carbocycles. The van der Waals surface area contributed by atoms with Crippen LogP contribution in [0.1, 0.15) is 16.8 Å². The largest absolute Gasteiger partial charge is 0.352 e. The lowest BCUT2D eigenvalue weighted by atomic mass is 10.2. The van der Waals surface area contributed by atoms with Crippen molar-refractivity contribution in [2.45, 2.75) is 6.42 Å². The lowest BCUT2D eigenvalue weighted by Crippen LogP contribution is -2.34. The van der Waals surface area contributed by atoms with Gasteiger partial charge in [0.1, 0.15) is 0 Å². The van der Waals surface area contributed by atoms with E-state index in [0.717, 1.165) is 10.2 Å². The number of fused-ring (bicyclic) bond motifs is 1. The summed E-state index contributed by atoms with van der Waals surface area (Å²) in [6.45, 7) is 4.37. The van der Waals surface area contributed by atoms with Crippen LogP contribution in [-0.2, 0) is 4.79 Å². The molecule has 0 aliphatic carbocycles. The van der Waals surface area contributed by atoms with Crippen molar-refractivity contribution < 1.29 is 9.59 Å². The van der Waals surface area contributed by atoms with E-state index in [9.17, 15) is 9.59 Å². The maximum absolute atomic E-state index is 12.6. The molecule has 26 heavy (non-hydrogen) atoms. The fourth-order valence-electron chi connectivity index (χ4n) is 2.50. The van der Waals surface area contributed by atoms with Crippen molar-refractivity contribution in [1.29, 1.82) is 0 Å². The van der Waals surface area contributed by atoms with Crippen LogP contribution in [0.2, 0.25) is 0 Å². The molecule has 3 aromatic rings. The Hall–Kier alpha value is -2.99. The molecule has 0 radical (unpaired) electrons. The van der Waals surface area contributed by atoms with Gasteiger partial charge in [-0.2, -0.15) is 0 Å². The Morgan fingerprint density at radius 1 is 1.12 bits per heavy atom. The highest BCUT2D eigenvalue weighted by Gasteiger charge is 2.18. The summed E-state index contributed by atoms with van der Waals surface area (Å²) in [5.41, 5.74) is 1.45. The number of rotatable bonds is 7. The minimum Gasteiger partial charge on any atom is -0.352 e. The zero-order chi connectivity index (χ0) is 18.4. The first kappa shape index (κ1) is 17.8. The number of thiazole rings is 1. The van der Waals surface area contributed by atoms with Crippen LogP contribution < -0.4 is 10.2 Å². The van der Waals surface area contributed by atoms with Gasteiger partial charge in [-0.15, -0.1) is 6.58 Å². The zero-order valence-electron chi connectivity index (χ0n) is 14.2. The first-order valence-electron chi connectivity index (χ1n) is 8.29. The number of anilines is 1. The summed E-state index contributed by atoms with van der Waals surface area (Å²) in [4.78, 5) is 30.8. The van der Waals surface area contributed by atoms with Crippen LogP contribution in [0.4, 0.5) is 5.13 Å². The van der Waals surface area contributed by atoms with Gasteiger partial charge < -0.3 is 5.32 Å². The predicted octanol–water partition coefficient (Wildman–Crippen LogP) is 3.64. The predicted molar refractivity (Wildman–Crippen MR) is 106 cm³/mol. The second-order valence-electron chi connectivity index (χ2n) is 5.63. The SMILES string of the molecule is C=CCN(C(=O)CCNC(=O)c1ccccc1)c1nc2ccccc2s1. The highest BCUT2D eigenvalue weighted by Crippen LogP contribution is 2.28. The van der Waals surface area contributed by atoms with Crippen LogP contribution in [-0.4, -0.2) is 29.9 Å². The number of nitrogens with zero attached hydrogens (tertiary/aromatic N) is 2. The van der Waals surface area contributed by atoms with E-state index in [2.05, 4.69) is 16.9 Å². The molecule has 1 heterocycles. The minimum atomic E-state index is -0.186. The molecule has 0 atom stereocenters. The van der Waals surface area contributed by atoms with Crippen LogP contribution in [0.25, 0.3) is 10.2 Å². The molecule has 2 amide bonds. The van der Waals surface area contributed by atoms with Crippen molar-refractivity contribution in [3.63, 3.8) is 0 Å². The number of carbonyl (C=O) groups excluding carboxylic acids is 2. The van der Waals surface area contributed by atoms with Crippen LogP contribution >= 0.6 is 11.3 Å². The van der Waals surface area contributed by atoms with Gasteiger partial charge >= 0.3 is 0 Å². The van der Waals surface area contributed by atoms with E-state index in [0.29, 0.717) is 17.2 Å². The van der Waals surface area contributed by atoms with E-state index in [1.807, 2.05) is 30.3 Å². The topological polar surface area (TPSA) is 62.3 Å². The fourth-order valence-corrected chi connectivity index (χ4v) is 3.49. The first-order chi connectivity index (χ1) is 12.7. The van der Waals surface area contributed by atoms with Crippen molar-refractivity contribution in [1.82, 2.24) is 10.3 Å². The first-order valence-corrected chi connectivity index (χ1v) is 9.11. The molecule has 1 aromatic heterocycles. The van der Waals surface area contributed by atoms with Gasteiger partial charge in [0.05, 0.1) is 10.2 Å². The average Bonchev–Trinajstić information content (AvgIpc) is 3.10. The number of para-hydroxylation sites is 1. The third-order valence-corrected chi connectivity index (χ3v) is 4.85. The second-order valence-corrected chi connectivity index (χ2v) is 6.64. The van der Waals surface area contributed by atoms with Crippen LogP contribution in [0, 0.1) is 0 Å². The summed E-state index contributed by atoms with van der Waals surface area (Å²) >= 11 is 1.47. The quantitative estimate of drug-likeness (QED) is 0.650. The molecule has 0 saturated heterocycles. The number of hydrogen-bond acceptors (Lipinski definition) is 4. The highest BCUT2D eigenvalue weighted by atomic mass is 32.1. The minimum absolute atomic E-state index is 0.0997. The fraction of sp³-hybridized carbons (Fsp3) is 0.150. The van der Waals surface area contributed by atoms with Gasteiger partial charge in [0, 0.05) is 25.1 Å². The van der Waals surface area contributed by atoms with E-state index in [-0.39, 0.29) is 24.8 Å². The Morgan fingerprint density at radius 2 is 1.85 bits per heavy atom. The molecule has 0 unspecified atom stereocenters. The van der Waals surface area contributed by atoms with Crippen LogP contribution in [0.5, 0.6) is 0 Å². The van der Waals surface area contributed by atoms with Crippen LogP contribution in [0.3, 0.4) is 0 Å². The smallest absolute Gasteiger partial charge is 0.251 e. The monoisotopic (exact) mass is 365 g/mol. The van der Waals surface area contributed by atoms with Crippen molar-refractivity contribution in [3.05, 3.63) is 72.8 Å². The molecule has 5 nitrogen and oxygen atoms in total. The third-order valence-electron chi connectivity index (χ3n) is 3.79. The number of amides is 2. The third kappa shape index (κ3) is 4.15. The summed E-state index contributed by atoms with van der Waals surface area (Å²) in [5.74, 6) is -0.286. The van der Waals surface area contributed by atoms with E-state index in [1.165, 1.54) is 11.3 Å². The maximum atomic E-state index is 12.6. The molecule has 0 aliphatic heterocycles. The Morgan fingerprint density at radius 3 is 2.58 bits per heavy atom. The summed E-state index contributed by atoms with van der Waals surface area (Å²) in [6, 6.07) is 16.7. The summed E-state index contributed by atoms with van der Waals surface area (Å²) < 4.78 is 1.03. The summed E-state index contributed by atoms with van der Waals surface area (Å²) in [6.07, 6.45) is 1.87. The number of aromatic nitrogens is 1. The molecule has 0 aliphatic rings. The molecule has 1 N–H and O–H groups in total. The van der Waals surface area contributed by atoms with Crippen LogP contribution in [0.15, 0.2) is 67.3 Å². The molecular formula is C20H19N3O2S. The van der Waals surface area contributed by atoms with E-state index >= 15 is 0 Å². The molecular weight excluding hydrogens is 346 g/mol. The van der Waals surface area contributed by atoms with Gasteiger partial charge in [-0.1, -0.05) is 47.7 Å².